The topological polar surface area (TPSA) is 94.1 Å². The van der Waals surface area contributed by atoms with Gasteiger partial charge in [-0.3, -0.25) is 4.84 Å². The highest BCUT2D eigenvalue weighted by Gasteiger charge is 2.18. The summed E-state index contributed by atoms with van der Waals surface area (Å²) in [6, 6.07) is 8.04. The Balaban J connectivity index is 2.33. The van der Waals surface area contributed by atoms with Gasteiger partial charge in [-0.25, -0.2) is 9.59 Å². The van der Waals surface area contributed by atoms with Crippen molar-refractivity contribution in [3.8, 4) is 0 Å². The van der Waals surface area contributed by atoms with Crippen molar-refractivity contribution in [3.05, 3.63) is 40.8 Å². The summed E-state index contributed by atoms with van der Waals surface area (Å²) in [4.78, 5) is 35.8. The Morgan fingerprint density at radius 2 is 2.00 bits per heavy atom. The first-order valence-corrected chi connectivity index (χ1v) is 5.14. The van der Waals surface area contributed by atoms with Crippen LogP contribution in [0.2, 0.25) is 0 Å². The number of alkyl carbamates (subject to hydrolysis) is 1. The predicted molar refractivity (Wildman–Crippen MR) is 61.1 cm³/mol. The molecule has 7 nitrogen and oxygen atoms in total. The number of carbonyl (C=O) groups is 2. The first-order chi connectivity index (χ1) is 8.63. The number of hydrogen-bond donors (Lipinski definition) is 1. The molecule has 0 aliphatic heterocycles. The first kappa shape index (κ1) is 13.6. The molecule has 0 saturated carbocycles. The summed E-state index contributed by atoms with van der Waals surface area (Å²) in [6.07, 6.45) is -0.783. The summed E-state index contributed by atoms with van der Waals surface area (Å²) in [6.45, 7) is 1.43. The van der Waals surface area contributed by atoms with Crippen LogP contribution in [0.25, 0.3) is 0 Å². The zero-order valence-corrected chi connectivity index (χ0v) is 9.66. The van der Waals surface area contributed by atoms with Crippen molar-refractivity contribution in [2.75, 3.05) is 0 Å². The molecule has 18 heavy (non-hydrogen) atoms. The van der Waals surface area contributed by atoms with Gasteiger partial charge in [-0.05, 0) is 12.5 Å². The van der Waals surface area contributed by atoms with E-state index in [-0.39, 0.29) is 6.61 Å². The van der Waals surface area contributed by atoms with E-state index in [4.69, 9.17) is 4.74 Å². The highest BCUT2D eigenvalue weighted by Crippen LogP contribution is 2.00. The van der Waals surface area contributed by atoms with E-state index in [2.05, 4.69) is 10.2 Å². The molecular weight excluding hydrogens is 240 g/mol. The molecule has 1 rings (SSSR count). The van der Waals surface area contributed by atoms with E-state index in [0.717, 1.165) is 5.56 Å². The first-order valence-electron chi connectivity index (χ1n) is 5.14. The molecule has 1 aromatic rings. The Bertz CT molecular complexity index is 421. The highest BCUT2D eigenvalue weighted by atomic mass is 16.7. The van der Waals surface area contributed by atoms with Gasteiger partial charge in [0.05, 0.1) is 0 Å². The molecule has 0 radical (unpaired) electrons. The van der Waals surface area contributed by atoms with E-state index in [1.165, 1.54) is 6.92 Å². The molecule has 0 fully saturated rings. The summed E-state index contributed by atoms with van der Waals surface area (Å²) >= 11 is 0. The standard InChI is InChI=1S/C11H12N2O5/c1-8(10(14)18-13-16)12-11(15)17-7-9-5-3-2-4-6-9/h2-6,8H,7H2,1H3,(H,12,15)/t8-/m0/s1. The van der Waals surface area contributed by atoms with Crippen molar-refractivity contribution in [2.24, 2.45) is 5.34 Å². The van der Waals surface area contributed by atoms with Gasteiger partial charge in [0.25, 0.3) is 0 Å². The third-order valence-electron chi connectivity index (χ3n) is 2.03. The molecule has 0 spiro atoms. The lowest BCUT2D eigenvalue weighted by molar-refractivity contribution is -0.145. The van der Waals surface area contributed by atoms with Gasteiger partial charge in [-0.15, -0.1) is 4.91 Å². The zero-order valence-electron chi connectivity index (χ0n) is 9.66. The molecule has 0 bridgehead atoms. The van der Waals surface area contributed by atoms with Crippen LogP contribution < -0.4 is 5.32 Å². The van der Waals surface area contributed by atoms with Crippen molar-refractivity contribution in [2.45, 2.75) is 19.6 Å². The molecule has 1 amide bonds. The second-order valence-electron chi connectivity index (χ2n) is 3.41. The lowest BCUT2D eigenvalue weighted by atomic mass is 10.2. The largest absolute Gasteiger partial charge is 0.445 e. The average molecular weight is 252 g/mol. The van der Waals surface area contributed by atoms with Gasteiger partial charge in [0.1, 0.15) is 12.6 Å². The van der Waals surface area contributed by atoms with E-state index in [9.17, 15) is 14.5 Å². The Hall–Kier alpha value is -2.44. The number of ether oxygens (including phenoxy) is 1. The highest BCUT2D eigenvalue weighted by molar-refractivity contribution is 5.80. The Kier molecular flexibility index (Phi) is 5.30. The summed E-state index contributed by atoms with van der Waals surface area (Å²) in [5.41, 5.74) is 0.817. The second-order valence-corrected chi connectivity index (χ2v) is 3.41. The van der Waals surface area contributed by atoms with Crippen LogP contribution in [-0.2, 0) is 21.0 Å². The number of nitrogens with one attached hydrogen (secondary N) is 1. The summed E-state index contributed by atoms with van der Waals surface area (Å²) in [5, 5.41) is 4.17. The monoisotopic (exact) mass is 252 g/mol. The van der Waals surface area contributed by atoms with Crippen LogP contribution in [-0.4, -0.2) is 18.1 Å². The molecule has 1 aromatic carbocycles. The Morgan fingerprint density at radius 3 is 2.61 bits per heavy atom. The minimum Gasteiger partial charge on any atom is -0.445 e. The van der Waals surface area contributed by atoms with Crippen molar-refractivity contribution < 1.29 is 19.2 Å². The molecule has 96 valence electrons. The van der Waals surface area contributed by atoms with Crippen molar-refractivity contribution in [3.63, 3.8) is 0 Å². The zero-order chi connectivity index (χ0) is 13.4. The van der Waals surface area contributed by atoms with Crippen LogP contribution in [0, 0.1) is 4.91 Å². The van der Waals surface area contributed by atoms with Crippen LogP contribution in [0.15, 0.2) is 35.7 Å². The number of rotatable bonds is 5. The number of benzene rings is 1. The average Bonchev–Trinajstić information content (AvgIpc) is 2.38. The molecule has 1 atom stereocenters. The van der Waals surface area contributed by atoms with Crippen LogP contribution in [0.3, 0.4) is 0 Å². The maximum Gasteiger partial charge on any atom is 0.408 e. The normalized spacial score (nSPS) is 11.2. The van der Waals surface area contributed by atoms with Gasteiger partial charge in [0, 0.05) is 0 Å². The van der Waals surface area contributed by atoms with E-state index >= 15 is 0 Å². The molecular formula is C11H12N2O5. The molecule has 0 aliphatic carbocycles. The molecule has 0 aliphatic rings. The third kappa shape index (κ3) is 4.60. The lowest BCUT2D eigenvalue weighted by Crippen LogP contribution is -2.39. The minimum atomic E-state index is -1.01. The Labute approximate surface area is 103 Å². The summed E-state index contributed by atoms with van der Waals surface area (Å²) < 4.78 is 4.86. The third-order valence-corrected chi connectivity index (χ3v) is 2.03. The number of hydrogen-bond acceptors (Lipinski definition) is 6. The van der Waals surface area contributed by atoms with Crippen LogP contribution in [0.1, 0.15) is 12.5 Å². The minimum absolute atomic E-state index is 0.0837. The SMILES string of the molecule is C[C@H](NC(=O)OCc1ccccc1)C(=O)ON=O. The maximum absolute atomic E-state index is 11.3. The van der Waals surface area contributed by atoms with E-state index in [1.807, 2.05) is 23.5 Å². The molecule has 1 N–H and O–H groups in total. The number of carbonyl (C=O) groups excluding carboxylic acids is 2. The molecule has 0 saturated heterocycles. The van der Waals surface area contributed by atoms with Gasteiger partial charge in [-0.2, -0.15) is 0 Å². The fourth-order valence-corrected chi connectivity index (χ4v) is 1.12. The smallest absolute Gasteiger partial charge is 0.408 e. The summed E-state index contributed by atoms with van der Waals surface area (Å²) in [5.74, 6) is -0.957. The van der Waals surface area contributed by atoms with E-state index in [1.54, 1.807) is 12.1 Å². The molecule has 7 heteroatoms. The van der Waals surface area contributed by atoms with Crippen LogP contribution >= 0.6 is 0 Å². The summed E-state index contributed by atoms with van der Waals surface area (Å²) in [7, 11) is 0. The molecule has 0 unspecified atom stereocenters. The molecule has 0 heterocycles. The van der Waals surface area contributed by atoms with Crippen molar-refractivity contribution in [1.82, 2.24) is 5.32 Å². The van der Waals surface area contributed by atoms with Crippen LogP contribution in [0.4, 0.5) is 4.79 Å². The quantitative estimate of drug-likeness (QED) is 0.633. The van der Waals surface area contributed by atoms with Crippen molar-refractivity contribution >= 4 is 12.1 Å². The predicted octanol–water partition coefficient (Wildman–Crippen LogP) is 1.53. The van der Waals surface area contributed by atoms with Gasteiger partial charge < -0.3 is 10.1 Å². The fourth-order valence-electron chi connectivity index (χ4n) is 1.12. The van der Waals surface area contributed by atoms with Gasteiger partial charge >= 0.3 is 12.1 Å². The number of amides is 1. The molecule has 0 aromatic heterocycles. The van der Waals surface area contributed by atoms with Gasteiger partial charge in [0.2, 0.25) is 0 Å². The Morgan fingerprint density at radius 1 is 1.33 bits per heavy atom. The van der Waals surface area contributed by atoms with E-state index < -0.39 is 18.1 Å². The maximum atomic E-state index is 11.3. The van der Waals surface area contributed by atoms with Crippen molar-refractivity contribution in [1.29, 1.82) is 0 Å². The van der Waals surface area contributed by atoms with Crippen LogP contribution in [0.5, 0.6) is 0 Å². The van der Waals surface area contributed by atoms with E-state index in [0.29, 0.717) is 0 Å². The number of nitrogens with zero attached hydrogens (tertiary/aromatic N) is 1. The second kappa shape index (κ2) is 7.00. The fraction of sp³-hybridized carbons (Fsp3) is 0.273. The van der Waals surface area contributed by atoms with Gasteiger partial charge in [-0.1, -0.05) is 30.3 Å². The lowest BCUT2D eigenvalue weighted by Gasteiger charge is -2.10. The van der Waals surface area contributed by atoms with Gasteiger partial charge in [0.15, 0.2) is 5.34 Å².